The highest BCUT2D eigenvalue weighted by Crippen LogP contribution is 2.28. The number of carboxylic acid groups (broad SMARTS) is 1. The summed E-state index contributed by atoms with van der Waals surface area (Å²) in [4.78, 5) is 33.6. The Hall–Kier alpha value is -2.64. The van der Waals surface area contributed by atoms with Gasteiger partial charge in [-0.1, -0.05) is 13.8 Å². The predicted octanol–water partition coefficient (Wildman–Crippen LogP) is 2.22. The van der Waals surface area contributed by atoms with Crippen molar-refractivity contribution in [3.63, 3.8) is 0 Å². The quantitative estimate of drug-likeness (QED) is 0.586. The molecular formula is C15H20N2O6. The molecule has 0 saturated carbocycles. The number of hydrogen-bond donors (Lipinski definition) is 2. The van der Waals surface area contributed by atoms with Gasteiger partial charge in [-0.3, -0.25) is 19.7 Å². The van der Waals surface area contributed by atoms with Crippen molar-refractivity contribution in [1.29, 1.82) is 0 Å². The number of ether oxygens (including phenoxy) is 1. The van der Waals surface area contributed by atoms with Crippen molar-refractivity contribution in [2.75, 3.05) is 7.11 Å². The van der Waals surface area contributed by atoms with Gasteiger partial charge in [-0.25, -0.2) is 0 Å². The summed E-state index contributed by atoms with van der Waals surface area (Å²) >= 11 is 0. The Morgan fingerprint density at radius 1 is 1.43 bits per heavy atom. The van der Waals surface area contributed by atoms with Crippen LogP contribution in [-0.4, -0.2) is 34.6 Å². The Balaban J connectivity index is 3.09. The highest BCUT2D eigenvalue weighted by atomic mass is 16.6. The first-order valence-electron chi connectivity index (χ1n) is 6.97. The molecule has 0 spiro atoms. The van der Waals surface area contributed by atoms with E-state index in [4.69, 9.17) is 9.84 Å². The zero-order valence-electron chi connectivity index (χ0n) is 13.5. The summed E-state index contributed by atoms with van der Waals surface area (Å²) in [5.74, 6) is -1.70. The smallest absolute Gasteiger partial charge is 0.310 e. The maximum atomic E-state index is 12.4. The lowest BCUT2D eigenvalue weighted by Crippen LogP contribution is -2.51. The fraction of sp³-hybridized carbons (Fsp3) is 0.467. The minimum absolute atomic E-state index is 0.0351. The highest BCUT2D eigenvalue weighted by Gasteiger charge is 2.33. The van der Waals surface area contributed by atoms with Gasteiger partial charge in [-0.15, -0.1) is 0 Å². The van der Waals surface area contributed by atoms with E-state index >= 15 is 0 Å². The molecule has 1 atom stereocenters. The third kappa shape index (κ3) is 4.41. The van der Waals surface area contributed by atoms with Crippen molar-refractivity contribution in [3.8, 4) is 5.75 Å². The van der Waals surface area contributed by atoms with Gasteiger partial charge < -0.3 is 15.2 Å². The fourth-order valence-electron chi connectivity index (χ4n) is 2.01. The molecule has 0 aliphatic heterocycles. The van der Waals surface area contributed by atoms with E-state index in [1.165, 1.54) is 25.3 Å². The lowest BCUT2D eigenvalue weighted by Gasteiger charge is -2.33. The zero-order chi connectivity index (χ0) is 17.8. The van der Waals surface area contributed by atoms with Gasteiger partial charge >= 0.3 is 11.7 Å². The summed E-state index contributed by atoms with van der Waals surface area (Å²) in [6, 6.07) is 3.74. The molecule has 0 bridgehead atoms. The third-order valence-electron chi connectivity index (χ3n) is 3.83. The summed E-state index contributed by atoms with van der Waals surface area (Å²) in [7, 11) is 1.27. The maximum absolute atomic E-state index is 12.4. The van der Waals surface area contributed by atoms with Gasteiger partial charge in [0.05, 0.1) is 24.0 Å². The first kappa shape index (κ1) is 18.4. The Kier molecular flexibility index (Phi) is 5.67. The number of methoxy groups -OCH3 is 1. The van der Waals surface area contributed by atoms with E-state index < -0.39 is 22.3 Å². The summed E-state index contributed by atoms with van der Waals surface area (Å²) in [6.45, 7) is 5.26. The molecule has 1 rings (SSSR count). The molecule has 0 saturated heterocycles. The zero-order valence-corrected chi connectivity index (χ0v) is 13.5. The van der Waals surface area contributed by atoms with Crippen LogP contribution in [-0.2, 0) is 4.79 Å². The lowest BCUT2D eigenvalue weighted by molar-refractivity contribution is -0.385. The van der Waals surface area contributed by atoms with E-state index in [2.05, 4.69) is 5.32 Å². The predicted molar refractivity (Wildman–Crippen MR) is 82.6 cm³/mol. The molecule has 0 heterocycles. The number of aliphatic carboxylic acids is 1. The topological polar surface area (TPSA) is 119 Å². The summed E-state index contributed by atoms with van der Waals surface area (Å²) in [6.07, 6.45) is -0.236. The monoisotopic (exact) mass is 324 g/mol. The molecule has 1 aromatic rings. The van der Waals surface area contributed by atoms with Gasteiger partial charge in [0.2, 0.25) is 0 Å². The molecule has 0 aliphatic carbocycles. The first-order chi connectivity index (χ1) is 10.6. The molecule has 0 fully saturated rings. The lowest BCUT2D eigenvalue weighted by atomic mass is 9.85. The molecule has 1 aromatic carbocycles. The molecule has 1 unspecified atom stereocenters. The molecular weight excluding hydrogens is 304 g/mol. The number of hydrogen-bond acceptors (Lipinski definition) is 5. The Morgan fingerprint density at radius 3 is 2.48 bits per heavy atom. The number of nitro benzene ring substituents is 1. The van der Waals surface area contributed by atoms with Crippen molar-refractivity contribution in [1.82, 2.24) is 5.32 Å². The van der Waals surface area contributed by atoms with Crippen LogP contribution >= 0.6 is 0 Å². The maximum Gasteiger partial charge on any atom is 0.310 e. The van der Waals surface area contributed by atoms with Crippen molar-refractivity contribution in [2.24, 2.45) is 5.92 Å². The molecule has 0 radical (unpaired) electrons. The van der Waals surface area contributed by atoms with Gasteiger partial charge in [-0.05, 0) is 18.9 Å². The highest BCUT2D eigenvalue weighted by molar-refractivity contribution is 5.95. The van der Waals surface area contributed by atoms with Crippen LogP contribution in [0.3, 0.4) is 0 Å². The number of benzene rings is 1. The average Bonchev–Trinajstić information content (AvgIpc) is 2.45. The van der Waals surface area contributed by atoms with Crippen molar-refractivity contribution < 1.29 is 24.4 Å². The van der Waals surface area contributed by atoms with Gasteiger partial charge in [0, 0.05) is 17.7 Å². The summed E-state index contributed by atoms with van der Waals surface area (Å²) in [5, 5.41) is 22.6. The summed E-state index contributed by atoms with van der Waals surface area (Å²) in [5.41, 5.74) is -1.04. The number of carbonyl (C=O) groups is 2. The number of carbonyl (C=O) groups excluding carboxylic acids is 1. The Morgan fingerprint density at radius 2 is 2.04 bits per heavy atom. The van der Waals surface area contributed by atoms with Gasteiger partial charge in [0.1, 0.15) is 0 Å². The molecule has 0 aromatic heterocycles. The number of nitro groups is 1. The van der Waals surface area contributed by atoms with Crippen LogP contribution in [0, 0.1) is 16.0 Å². The number of amides is 1. The second-order valence-corrected chi connectivity index (χ2v) is 5.74. The van der Waals surface area contributed by atoms with Crippen LogP contribution in [0.2, 0.25) is 0 Å². The van der Waals surface area contributed by atoms with E-state index in [1.807, 2.05) is 0 Å². The SMILES string of the molecule is COc1cc(C(=O)NC(C)(CC(=O)O)C(C)C)ccc1[N+](=O)[O-]. The largest absolute Gasteiger partial charge is 0.490 e. The van der Waals surface area contributed by atoms with Crippen molar-refractivity contribution in [3.05, 3.63) is 33.9 Å². The number of nitrogens with one attached hydrogen (secondary N) is 1. The van der Waals surface area contributed by atoms with Crippen LogP contribution in [0.4, 0.5) is 5.69 Å². The molecule has 8 nitrogen and oxygen atoms in total. The molecule has 126 valence electrons. The molecule has 1 amide bonds. The van der Waals surface area contributed by atoms with Gasteiger partial charge in [0.25, 0.3) is 5.91 Å². The molecule has 23 heavy (non-hydrogen) atoms. The first-order valence-corrected chi connectivity index (χ1v) is 6.97. The minimum Gasteiger partial charge on any atom is -0.490 e. The van der Waals surface area contributed by atoms with E-state index in [0.717, 1.165) is 0 Å². The fourth-order valence-corrected chi connectivity index (χ4v) is 2.01. The number of carboxylic acids is 1. The number of nitrogens with zero attached hydrogens (tertiary/aromatic N) is 1. The van der Waals surface area contributed by atoms with Crippen molar-refractivity contribution in [2.45, 2.75) is 32.7 Å². The summed E-state index contributed by atoms with van der Waals surface area (Å²) < 4.78 is 4.92. The van der Waals surface area contributed by atoms with Gasteiger partial charge in [-0.2, -0.15) is 0 Å². The third-order valence-corrected chi connectivity index (χ3v) is 3.83. The van der Waals surface area contributed by atoms with E-state index in [-0.39, 0.29) is 29.3 Å². The van der Waals surface area contributed by atoms with E-state index in [9.17, 15) is 19.7 Å². The van der Waals surface area contributed by atoms with E-state index in [0.29, 0.717) is 0 Å². The van der Waals surface area contributed by atoms with Crippen LogP contribution in [0.5, 0.6) is 5.75 Å². The van der Waals surface area contributed by atoms with E-state index in [1.54, 1.807) is 20.8 Å². The normalized spacial score (nSPS) is 13.3. The van der Waals surface area contributed by atoms with Crippen LogP contribution < -0.4 is 10.1 Å². The van der Waals surface area contributed by atoms with Crippen LogP contribution in [0.25, 0.3) is 0 Å². The van der Waals surface area contributed by atoms with Crippen LogP contribution in [0.1, 0.15) is 37.6 Å². The Labute approximate surface area is 133 Å². The van der Waals surface area contributed by atoms with Crippen LogP contribution in [0.15, 0.2) is 18.2 Å². The Bertz CT molecular complexity index is 628. The molecule has 0 aliphatic rings. The second kappa shape index (κ2) is 7.08. The second-order valence-electron chi connectivity index (χ2n) is 5.74. The van der Waals surface area contributed by atoms with Crippen molar-refractivity contribution >= 4 is 17.6 Å². The standard InChI is InChI=1S/C15H20N2O6/c1-9(2)15(3,8-13(18)19)16-14(20)10-5-6-11(17(21)22)12(7-10)23-4/h5-7,9H,8H2,1-4H3,(H,16,20)(H,18,19). The number of rotatable bonds is 7. The molecule has 2 N–H and O–H groups in total. The van der Waals surface area contributed by atoms with Gasteiger partial charge in [0.15, 0.2) is 5.75 Å². The minimum atomic E-state index is -1.03. The average molecular weight is 324 g/mol. The molecule has 8 heteroatoms.